The summed E-state index contributed by atoms with van der Waals surface area (Å²) < 4.78 is 4.96. The summed E-state index contributed by atoms with van der Waals surface area (Å²) in [6.07, 6.45) is 1.50. The first-order chi connectivity index (χ1) is 9.61. The first kappa shape index (κ1) is 14.0. The van der Waals surface area contributed by atoms with Crippen LogP contribution in [-0.2, 0) is 0 Å². The van der Waals surface area contributed by atoms with Crippen molar-refractivity contribution in [3.63, 3.8) is 0 Å². The minimum atomic E-state index is -0.498. The lowest BCUT2D eigenvalue weighted by Crippen LogP contribution is -1.91. The topological polar surface area (TPSA) is 64.7 Å². The van der Waals surface area contributed by atoms with Crippen LogP contribution in [0.1, 0.15) is 5.56 Å². The number of benzene rings is 2. The Morgan fingerprint density at radius 3 is 2.70 bits per heavy atom. The smallest absolute Gasteiger partial charge is 0.298 e. The molecule has 0 N–H and O–H groups in total. The Balaban J connectivity index is 2.38. The van der Waals surface area contributed by atoms with Crippen LogP contribution in [0.2, 0.25) is 5.02 Å². The average Bonchev–Trinajstić information content (AvgIpc) is 2.46. The number of nitro benzene ring substituents is 1. The van der Waals surface area contributed by atoms with Crippen molar-refractivity contribution in [3.05, 3.63) is 63.2 Å². The van der Waals surface area contributed by atoms with Crippen molar-refractivity contribution in [2.24, 2.45) is 4.99 Å². The van der Waals surface area contributed by atoms with Crippen molar-refractivity contribution >= 4 is 29.2 Å². The van der Waals surface area contributed by atoms with Gasteiger partial charge < -0.3 is 4.74 Å². The Morgan fingerprint density at radius 2 is 2.05 bits per heavy atom. The van der Waals surface area contributed by atoms with Gasteiger partial charge in [-0.15, -0.1) is 0 Å². The standard InChI is InChI=1S/C14H11ClN2O3/c1-20-11-6-7-13(14(8-11)17(18)19)16-9-10-4-2-3-5-12(10)15/h2-9H,1H3. The van der Waals surface area contributed by atoms with E-state index in [0.29, 0.717) is 16.3 Å². The van der Waals surface area contributed by atoms with E-state index < -0.39 is 4.92 Å². The minimum Gasteiger partial charge on any atom is -0.496 e. The molecular formula is C14H11ClN2O3. The first-order valence-corrected chi connectivity index (χ1v) is 6.10. The summed E-state index contributed by atoms with van der Waals surface area (Å²) in [6.45, 7) is 0. The third-order valence-electron chi connectivity index (χ3n) is 2.63. The minimum absolute atomic E-state index is 0.118. The van der Waals surface area contributed by atoms with E-state index in [1.165, 1.54) is 25.5 Å². The number of hydrogen-bond donors (Lipinski definition) is 0. The van der Waals surface area contributed by atoms with Crippen LogP contribution in [-0.4, -0.2) is 18.2 Å². The SMILES string of the molecule is COc1ccc(N=Cc2ccccc2Cl)c([N+](=O)[O-])c1. The zero-order chi connectivity index (χ0) is 14.5. The number of halogens is 1. The van der Waals surface area contributed by atoms with Crippen molar-refractivity contribution in [2.75, 3.05) is 7.11 Å². The fourth-order valence-electron chi connectivity index (χ4n) is 1.60. The Hall–Kier alpha value is -2.40. The zero-order valence-corrected chi connectivity index (χ0v) is 11.4. The van der Waals surface area contributed by atoms with E-state index in [1.54, 1.807) is 24.3 Å². The highest BCUT2D eigenvalue weighted by Crippen LogP contribution is 2.31. The van der Waals surface area contributed by atoms with Gasteiger partial charge in [0.2, 0.25) is 0 Å². The van der Waals surface area contributed by atoms with Crippen LogP contribution in [0.4, 0.5) is 11.4 Å². The Kier molecular flexibility index (Phi) is 4.32. The summed E-state index contributed by atoms with van der Waals surface area (Å²) in [5.41, 5.74) is 0.822. The molecule has 5 nitrogen and oxygen atoms in total. The summed E-state index contributed by atoms with van der Waals surface area (Å²) in [4.78, 5) is 14.6. The van der Waals surface area contributed by atoms with Crippen LogP contribution in [0.5, 0.6) is 5.75 Å². The largest absolute Gasteiger partial charge is 0.496 e. The molecule has 0 aromatic heterocycles. The molecule has 0 atom stereocenters. The molecule has 0 radical (unpaired) electrons. The second-order valence-electron chi connectivity index (χ2n) is 3.89. The van der Waals surface area contributed by atoms with E-state index in [-0.39, 0.29) is 11.4 Å². The van der Waals surface area contributed by atoms with Crippen molar-refractivity contribution in [1.29, 1.82) is 0 Å². The lowest BCUT2D eigenvalue weighted by molar-refractivity contribution is -0.384. The van der Waals surface area contributed by atoms with Gasteiger partial charge in [0.15, 0.2) is 0 Å². The molecule has 0 aliphatic rings. The molecule has 0 fully saturated rings. The average molecular weight is 291 g/mol. The highest BCUT2D eigenvalue weighted by molar-refractivity contribution is 6.33. The second-order valence-corrected chi connectivity index (χ2v) is 4.30. The van der Waals surface area contributed by atoms with Gasteiger partial charge in [-0.25, -0.2) is 4.99 Å². The van der Waals surface area contributed by atoms with Crippen LogP contribution in [0, 0.1) is 10.1 Å². The number of hydrogen-bond acceptors (Lipinski definition) is 4. The number of methoxy groups -OCH3 is 1. The number of rotatable bonds is 4. The molecule has 0 aliphatic heterocycles. The van der Waals surface area contributed by atoms with Gasteiger partial charge in [0.05, 0.1) is 18.1 Å². The fraction of sp³-hybridized carbons (Fsp3) is 0.0714. The summed E-state index contributed by atoms with van der Waals surface area (Å²) in [5, 5.41) is 11.6. The van der Waals surface area contributed by atoms with Gasteiger partial charge in [-0.2, -0.15) is 0 Å². The summed E-state index contributed by atoms with van der Waals surface area (Å²) in [5.74, 6) is 0.411. The van der Waals surface area contributed by atoms with Crippen LogP contribution in [0.3, 0.4) is 0 Å². The maximum atomic E-state index is 11.0. The molecule has 20 heavy (non-hydrogen) atoms. The normalized spacial score (nSPS) is 10.7. The number of aliphatic imine (C=N–C) groups is 1. The maximum absolute atomic E-state index is 11.0. The maximum Gasteiger partial charge on any atom is 0.298 e. The predicted molar refractivity (Wildman–Crippen MR) is 78.4 cm³/mol. The van der Waals surface area contributed by atoms with Gasteiger partial charge in [-0.3, -0.25) is 10.1 Å². The molecule has 2 aromatic rings. The monoisotopic (exact) mass is 290 g/mol. The molecule has 0 bridgehead atoms. The molecule has 6 heteroatoms. The molecule has 0 heterocycles. The highest BCUT2D eigenvalue weighted by atomic mass is 35.5. The Labute approximate surface area is 120 Å². The van der Waals surface area contributed by atoms with Crippen LogP contribution < -0.4 is 4.74 Å². The lowest BCUT2D eigenvalue weighted by atomic mass is 10.2. The molecule has 0 amide bonds. The van der Waals surface area contributed by atoms with E-state index in [2.05, 4.69) is 4.99 Å². The molecule has 2 aromatic carbocycles. The molecule has 0 aliphatic carbocycles. The molecule has 0 spiro atoms. The fourth-order valence-corrected chi connectivity index (χ4v) is 1.79. The van der Waals surface area contributed by atoms with E-state index in [4.69, 9.17) is 16.3 Å². The van der Waals surface area contributed by atoms with Crippen molar-refractivity contribution in [3.8, 4) is 5.75 Å². The van der Waals surface area contributed by atoms with Gasteiger partial charge in [0.25, 0.3) is 5.69 Å². The number of nitrogens with zero attached hydrogens (tertiary/aromatic N) is 2. The molecular weight excluding hydrogens is 280 g/mol. The molecule has 0 saturated heterocycles. The van der Waals surface area contributed by atoms with Gasteiger partial charge >= 0.3 is 0 Å². The highest BCUT2D eigenvalue weighted by Gasteiger charge is 2.14. The van der Waals surface area contributed by atoms with Gasteiger partial charge in [-0.1, -0.05) is 29.8 Å². The molecule has 102 valence electrons. The summed E-state index contributed by atoms with van der Waals surface area (Å²) in [7, 11) is 1.45. The van der Waals surface area contributed by atoms with E-state index in [0.717, 1.165) is 0 Å². The van der Waals surface area contributed by atoms with Crippen LogP contribution >= 0.6 is 11.6 Å². The molecule has 2 rings (SSSR count). The van der Waals surface area contributed by atoms with Crippen LogP contribution in [0.25, 0.3) is 0 Å². The molecule has 0 saturated carbocycles. The van der Waals surface area contributed by atoms with Crippen molar-refractivity contribution in [1.82, 2.24) is 0 Å². The Morgan fingerprint density at radius 1 is 1.30 bits per heavy atom. The van der Waals surface area contributed by atoms with Crippen LogP contribution in [0.15, 0.2) is 47.5 Å². The van der Waals surface area contributed by atoms with E-state index in [9.17, 15) is 10.1 Å². The van der Waals surface area contributed by atoms with Crippen molar-refractivity contribution < 1.29 is 9.66 Å². The van der Waals surface area contributed by atoms with Gasteiger partial charge in [0.1, 0.15) is 11.4 Å². The van der Waals surface area contributed by atoms with E-state index >= 15 is 0 Å². The quantitative estimate of drug-likeness (QED) is 0.485. The zero-order valence-electron chi connectivity index (χ0n) is 10.6. The summed E-state index contributed by atoms with van der Waals surface area (Å²) >= 11 is 6.00. The van der Waals surface area contributed by atoms with Crippen molar-refractivity contribution in [2.45, 2.75) is 0 Å². The van der Waals surface area contributed by atoms with Gasteiger partial charge in [0, 0.05) is 16.8 Å². The summed E-state index contributed by atoms with van der Waals surface area (Å²) in [6, 6.07) is 11.6. The predicted octanol–water partition coefficient (Wildman–Crippen LogP) is 4.01. The second kappa shape index (κ2) is 6.16. The number of ether oxygens (including phenoxy) is 1. The lowest BCUT2D eigenvalue weighted by Gasteiger charge is -2.02. The Bertz CT molecular complexity index is 671. The third kappa shape index (κ3) is 3.13. The number of nitro groups is 1. The van der Waals surface area contributed by atoms with Gasteiger partial charge in [-0.05, 0) is 18.2 Å². The first-order valence-electron chi connectivity index (χ1n) is 5.73. The van der Waals surface area contributed by atoms with E-state index in [1.807, 2.05) is 6.07 Å². The third-order valence-corrected chi connectivity index (χ3v) is 2.97. The molecule has 0 unspecified atom stereocenters.